The number of Topliss-reactive ketones (excluding diaryl/α,β-unsaturated/α-hetero) is 1. The molecule has 7 heteroatoms. The van der Waals surface area contributed by atoms with Gasteiger partial charge in [0.15, 0.2) is 5.78 Å². The molecular formula is C13H19F3N2O2. The number of hydrogen-bond acceptors (Lipinski definition) is 3. The minimum atomic E-state index is -4.32. The Morgan fingerprint density at radius 1 is 1.30 bits per heavy atom. The van der Waals surface area contributed by atoms with E-state index in [1.54, 1.807) is 4.68 Å². The quantitative estimate of drug-likeness (QED) is 0.573. The SMILES string of the molecule is CCc1nn(CCOCC(F)(F)F)c(CC)c1C(C)=O. The van der Waals surface area contributed by atoms with Crippen molar-refractivity contribution in [1.29, 1.82) is 0 Å². The number of aromatic nitrogens is 2. The van der Waals surface area contributed by atoms with Crippen LogP contribution < -0.4 is 0 Å². The Balaban J connectivity index is 2.77. The van der Waals surface area contributed by atoms with Crippen LogP contribution in [0.25, 0.3) is 0 Å². The third-order valence-electron chi connectivity index (χ3n) is 2.87. The van der Waals surface area contributed by atoms with E-state index in [2.05, 4.69) is 9.84 Å². The highest BCUT2D eigenvalue weighted by Crippen LogP contribution is 2.18. The molecule has 0 fully saturated rings. The van der Waals surface area contributed by atoms with E-state index in [-0.39, 0.29) is 18.9 Å². The number of ether oxygens (including phenoxy) is 1. The zero-order valence-electron chi connectivity index (χ0n) is 11.9. The standard InChI is InChI=1S/C13H19F3N2O2/c1-4-10-12(9(3)19)11(5-2)18(17-10)6-7-20-8-13(14,15)16/h4-8H2,1-3H3. The van der Waals surface area contributed by atoms with E-state index >= 15 is 0 Å². The van der Waals surface area contributed by atoms with E-state index < -0.39 is 12.8 Å². The Kier molecular flexibility index (Phi) is 5.74. The van der Waals surface area contributed by atoms with E-state index in [9.17, 15) is 18.0 Å². The summed E-state index contributed by atoms with van der Waals surface area (Å²) in [5.74, 6) is -0.0684. The Morgan fingerprint density at radius 2 is 1.95 bits per heavy atom. The molecule has 20 heavy (non-hydrogen) atoms. The molecule has 0 unspecified atom stereocenters. The van der Waals surface area contributed by atoms with Crippen molar-refractivity contribution in [1.82, 2.24) is 9.78 Å². The predicted octanol–water partition coefficient (Wildman–Crippen LogP) is 2.79. The third-order valence-corrected chi connectivity index (χ3v) is 2.87. The Morgan fingerprint density at radius 3 is 2.40 bits per heavy atom. The van der Waals surface area contributed by atoms with Gasteiger partial charge in [-0.1, -0.05) is 13.8 Å². The first-order chi connectivity index (χ1) is 9.30. The van der Waals surface area contributed by atoms with Gasteiger partial charge in [-0.25, -0.2) is 0 Å². The van der Waals surface area contributed by atoms with Crippen molar-refractivity contribution >= 4 is 5.78 Å². The smallest absolute Gasteiger partial charge is 0.370 e. The van der Waals surface area contributed by atoms with Crippen molar-refractivity contribution in [3.05, 3.63) is 17.0 Å². The molecule has 114 valence electrons. The second kappa shape index (κ2) is 6.88. The lowest BCUT2D eigenvalue weighted by Crippen LogP contribution is -2.20. The molecule has 0 spiro atoms. The van der Waals surface area contributed by atoms with Crippen LogP contribution in [0.3, 0.4) is 0 Å². The fourth-order valence-corrected chi connectivity index (χ4v) is 2.09. The van der Waals surface area contributed by atoms with Crippen LogP contribution in [0.1, 0.15) is 42.5 Å². The van der Waals surface area contributed by atoms with Crippen molar-refractivity contribution < 1.29 is 22.7 Å². The van der Waals surface area contributed by atoms with Gasteiger partial charge < -0.3 is 4.74 Å². The molecule has 0 amide bonds. The molecule has 0 aromatic carbocycles. The lowest BCUT2D eigenvalue weighted by Gasteiger charge is -2.09. The molecule has 0 N–H and O–H groups in total. The number of rotatable bonds is 7. The van der Waals surface area contributed by atoms with Crippen LogP contribution in [0.2, 0.25) is 0 Å². The van der Waals surface area contributed by atoms with E-state index in [4.69, 9.17) is 0 Å². The van der Waals surface area contributed by atoms with Crippen molar-refractivity contribution in [2.75, 3.05) is 13.2 Å². The largest absolute Gasteiger partial charge is 0.411 e. The first-order valence-electron chi connectivity index (χ1n) is 6.54. The summed E-state index contributed by atoms with van der Waals surface area (Å²) < 4.78 is 42.0. The van der Waals surface area contributed by atoms with Gasteiger partial charge in [0.25, 0.3) is 0 Å². The van der Waals surface area contributed by atoms with Crippen LogP contribution in [-0.2, 0) is 24.1 Å². The number of carbonyl (C=O) groups is 1. The highest BCUT2D eigenvalue weighted by Gasteiger charge is 2.27. The number of hydrogen-bond donors (Lipinski definition) is 0. The van der Waals surface area contributed by atoms with Gasteiger partial charge in [-0.05, 0) is 19.8 Å². The number of aryl methyl sites for hydroxylation is 1. The van der Waals surface area contributed by atoms with Crippen LogP contribution in [0.4, 0.5) is 13.2 Å². The number of ketones is 1. The average Bonchev–Trinajstić information content (AvgIpc) is 2.71. The fraction of sp³-hybridized carbons (Fsp3) is 0.692. The summed E-state index contributed by atoms with van der Waals surface area (Å²) in [4.78, 5) is 11.6. The molecule has 0 atom stereocenters. The summed E-state index contributed by atoms with van der Waals surface area (Å²) in [6, 6.07) is 0. The van der Waals surface area contributed by atoms with Gasteiger partial charge in [-0.3, -0.25) is 9.48 Å². The second-order valence-electron chi connectivity index (χ2n) is 4.42. The Bertz CT molecular complexity index is 467. The van der Waals surface area contributed by atoms with Gasteiger partial charge in [-0.2, -0.15) is 18.3 Å². The van der Waals surface area contributed by atoms with Crippen molar-refractivity contribution in [3.8, 4) is 0 Å². The average molecular weight is 292 g/mol. The van der Waals surface area contributed by atoms with Gasteiger partial charge in [0.05, 0.1) is 24.4 Å². The summed E-state index contributed by atoms with van der Waals surface area (Å²) in [6.07, 6.45) is -3.11. The maximum absolute atomic E-state index is 12.0. The van der Waals surface area contributed by atoms with E-state index in [1.807, 2.05) is 13.8 Å². The second-order valence-corrected chi connectivity index (χ2v) is 4.42. The lowest BCUT2D eigenvalue weighted by atomic mass is 10.1. The van der Waals surface area contributed by atoms with Crippen LogP contribution in [0.5, 0.6) is 0 Å². The summed E-state index contributed by atoms with van der Waals surface area (Å²) in [5, 5.41) is 4.29. The highest BCUT2D eigenvalue weighted by molar-refractivity contribution is 5.96. The predicted molar refractivity (Wildman–Crippen MR) is 67.9 cm³/mol. The van der Waals surface area contributed by atoms with Crippen LogP contribution in [-0.4, -0.2) is 35.0 Å². The van der Waals surface area contributed by atoms with E-state index in [0.717, 1.165) is 5.69 Å². The van der Waals surface area contributed by atoms with E-state index in [0.29, 0.717) is 24.1 Å². The maximum atomic E-state index is 12.0. The molecule has 0 aliphatic heterocycles. The maximum Gasteiger partial charge on any atom is 0.411 e. The first-order valence-corrected chi connectivity index (χ1v) is 6.54. The third kappa shape index (κ3) is 4.33. The molecule has 1 aromatic heterocycles. The number of nitrogens with zero attached hydrogens (tertiary/aromatic N) is 2. The fourth-order valence-electron chi connectivity index (χ4n) is 2.09. The first kappa shape index (κ1) is 16.7. The zero-order valence-corrected chi connectivity index (χ0v) is 11.9. The lowest BCUT2D eigenvalue weighted by molar-refractivity contribution is -0.174. The topological polar surface area (TPSA) is 44.1 Å². The monoisotopic (exact) mass is 292 g/mol. The summed E-state index contributed by atoms with van der Waals surface area (Å²) in [7, 11) is 0. The summed E-state index contributed by atoms with van der Waals surface area (Å²) in [5.41, 5.74) is 2.03. The summed E-state index contributed by atoms with van der Waals surface area (Å²) >= 11 is 0. The number of carbonyl (C=O) groups excluding carboxylic acids is 1. The van der Waals surface area contributed by atoms with E-state index in [1.165, 1.54) is 6.92 Å². The molecule has 1 rings (SSSR count). The highest BCUT2D eigenvalue weighted by atomic mass is 19.4. The van der Waals surface area contributed by atoms with Crippen molar-refractivity contribution in [2.45, 2.75) is 46.3 Å². The number of alkyl halides is 3. The van der Waals surface area contributed by atoms with Crippen molar-refractivity contribution in [2.24, 2.45) is 0 Å². The minimum absolute atomic E-state index is 0.0684. The van der Waals surface area contributed by atoms with Gasteiger partial charge >= 0.3 is 6.18 Å². The molecule has 1 aromatic rings. The van der Waals surface area contributed by atoms with Gasteiger partial charge in [0.2, 0.25) is 0 Å². The van der Waals surface area contributed by atoms with Gasteiger partial charge in [0, 0.05) is 5.69 Å². The van der Waals surface area contributed by atoms with Crippen molar-refractivity contribution in [3.63, 3.8) is 0 Å². The van der Waals surface area contributed by atoms with Gasteiger partial charge in [0.1, 0.15) is 6.61 Å². The Labute approximate surface area is 115 Å². The van der Waals surface area contributed by atoms with Gasteiger partial charge in [-0.15, -0.1) is 0 Å². The number of halogens is 3. The van der Waals surface area contributed by atoms with Crippen LogP contribution in [0.15, 0.2) is 0 Å². The molecule has 0 saturated heterocycles. The molecule has 0 saturated carbocycles. The molecule has 0 aliphatic carbocycles. The van der Waals surface area contributed by atoms with Crippen LogP contribution in [0, 0.1) is 0 Å². The normalized spacial score (nSPS) is 11.9. The minimum Gasteiger partial charge on any atom is -0.370 e. The molecule has 0 aliphatic rings. The molecule has 0 radical (unpaired) electrons. The molecule has 1 heterocycles. The molecule has 4 nitrogen and oxygen atoms in total. The zero-order chi connectivity index (χ0) is 15.3. The molecule has 0 bridgehead atoms. The van der Waals surface area contributed by atoms with Crippen LogP contribution >= 0.6 is 0 Å². The molecular weight excluding hydrogens is 273 g/mol. The Hall–Kier alpha value is -1.37. The summed E-state index contributed by atoms with van der Waals surface area (Å²) in [6.45, 7) is 4.10.